The highest BCUT2D eigenvalue weighted by atomic mass is 16.5. The van der Waals surface area contributed by atoms with Gasteiger partial charge in [0, 0.05) is 25.7 Å². The van der Waals surface area contributed by atoms with Gasteiger partial charge in [0.05, 0.1) is 6.10 Å². The number of ether oxygens (including phenoxy) is 1. The molecule has 2 aliphatic heterocycles. The van der Waals surface area contributed by atoms with Crippen molar-refractivity contribution >= 4 is 0 Å². The molecule has 1 saturated carbocycles. The van der Waals surface area contributed by atoms with E-state index in [9.17, 15) is 0 Å². The quantitative estimate of drug-likeness (QED) is 0.760. The third kappa shape index (κ3) is 2.96. The van der Waals surface area contributed by atoms with Gasteiger partial charge in [-0.25, -0.2) is 0 Å². The number of hydrogen-bond acceptors (Lipinski definition) is 3. The standard InChI is InChI=1S/C13H24N2O/c1-2-13(16-7-1)10-15-6-5-11(9-15)8-14-12-3-4-12/h11-14H,1-10H2. The van der Waals surface area contributed by atoms with Crippen molar-refractivity contribution in [1.82, 2.24) is 10.2 Å². The second-order valence-corrected chi connectivity index (χ2v) is 5.73. The number of likely N-dealkylation sites (tertiary alicyclic amines) is 1. The molecule has 0 radical (unpaired) electrons. The maximum Gasteiger partial charge on any atom is 0.0702 e. The predicted molar refractivity (Wildman–Crippen MR) is 64.5 cm³/mol. The molecule has 16 heavy (non-hydrogen) atoms. The Labute approximate surface area is 98.5 Å². The van der Waals surface area contributed by atoms with Crippen molar-refractivity contribution < 1.29 is 4.74 Å². The molecule has 2 unspecified atom stereocenters. The summed E-state index contributed by atoms with van der Waals surface area (Å²) in [5.74, 6) is 0.891. The molecule has 1 aliphatic carbocycles. The molecule has 2 saturated heterocycles. The van der Waals surface area contributed by atoms with Gasteiger partial charge in [-0.05, 0) is 51.1 Å². The number of nitrogens with one attached hydrogen (secondary N) is 1. The van der Waals surface area contributed by atoms with Gasteiger partial charge in [-0.2, -0.15) is 0 Å². The smallest absolute Gasteiger partial charge is 0.0702 e. The first kappa shape index (κ1) is 11.0. The molecule has 0 aromatic carbocycles. The molecular formula is C13H24N2O. The average Bonchev–Trinajstić information content (AvgIpc) is 2.78. The molecule has 0 spiro atoms. The summed E-state index contributed by atoms with van der Waals surface area (Å²) in [5, 5.41) is 3.65. The van der Waals surface area contributed by atoms with Gasteiger partial charge >= 0.3 is 0 Å². The summed E-state index contributed by atoms with van der Waals surface area (Å²) in [6, 6.07) is 0.868. The van der Waals surface area contributed by atoms with Gasteiger partial charge in [0.2, 0.25) is 0 Å². The monoisotopic (exact) mass is 224 g/mol. The van der Waals surface area contributed by atoms with Crippen LogP contribution in [0.2, 0.25) is 0 Å². The summed E-state index contributed by atoms with van der Waals surface area (Å²) in [6.07, 6.45) is 7.28. The van der Waals surface area contributed by atoms with Crippen LogP contribution in [-0.4, -0.2) is 49.8 Å². The molecule has 3 rings (SSSR count). The Bertz CT molecular complexity index is 224. The number of hydrogen-bond donors (Lipinski definition) is 1. The van der Waals surface area contributed by atoms with Crippen LogP contribution in [-0.2, 0) is 4.74 Å². The topological polar surface area (TPSA) is 24.5 Å². The Morgan fingerprint density at radius 1 is 1.19 bits per heavy atom. The number of rotatable bonds is 5. The molecule has 0 bridgehead atoms. The van der Waals surface area contributed by atoms with Crippen molar-refractivity contribution in [3.05, 3.63) is 0 Å². The van der Waals surface area contributed by atoms with Crippen LogP contribution in [0.3, 0.4) is 0 Å². The van der Waals surface area contributed by atoms with E-state index in [0.29, 0.717) is 6.10 Å². The molecule has 2 heterocycles. The second-order valence-electron chi connectivity index (χ2n) is 5.73. The summed E-state index contributed by atoms with van der Waals surface area (Å²) >= 11 is 0. The lowest BCUT2D eigenvalue weighted by Crippen LogP contribution is -2.32. The normalized spacial score (nSPS) is 36.0. The molecule has 0 amide bonds. The first-order chi connectivity index (χ1) is 7.90. The van der Waals surface area contributed by atoms with Crippen molar-refractivity contribution in [2.75, 3.05) is 32.8 Å². The summed E-state index contributed by atoms with van der Waals surface area (Å²) < 4.78 is 5.70. The molecule has 3 fully saturated rings. The van der Waals surface area contributed by atoms with Gasteiger partial charge in [-0.1, -0.05) is 0 Å². The predicted octanol–water partition coefficient (Wildman–Crippen LogP) is 1.24. The lowest BCUT2D eigenvalue weighted by atomic mass is 10.1. The molecule has 0 aromatic rings. The maximum atomic E-state index is 5.70. The number of nitrogens with zero attached hydrogens (tertiary/aromatic N) is 1. The van der Waals surface area contributed by atoms with Gasteiger partial charge in [0.15, 0.2) is 0 Å². The highest BCUT2D eigenvalue weighted by Gasteiger charge is 2.28. The van der Waals surface area contributed by atoms with Crippen LogP contribution in [0.15, 0.2) is 0 Å². The zero-order valence-corrected chi connectivity index (χ0v) is 10.2. The summed E-state index contributed by atoms with van der Waals surface area (Å²) in [5.41, 5.74) is 0. The Morgan fingerprint density at radius 3 is 2.88 bits per heavy atom. The van der Waals surface area contributed by atoms with E-state index in [-0.39, 0.29) is 0 Å². The van der Waals surface area contributed by atoms with Gasteiger partial charge in [-0.15, -0.1) is 0 Å². The second kappa shape index (κ2) is 5.03. The molecule has 2 atom stereocenters. The van der Waals surface area contributed by atoms with Crippen LogP contribution < -0.4 is 5.32 Å². The Morgan fingerprint density at radius 2 is 2.12 bits per heavy atom. The van der Waals surface area contributed by atoms with Crippen molar-refractivity contribution in [2.45, 2.75) is 44.2 Å². The SMILES string of the molecule is C1COC(CN2CCC(CNC3CC3)C2)C1. The first-order valence-corrected chi connectivity index (χ1v) is 6.97. The van der Waals surface area contributed by atoms with Crippen molar-refractivity contribution in [3.8, 4) is 0 Å². The fourth-order valence-electron chi connectivity index (χ4n) is 2.94. The fraction of sp³-hybridized carbons (Fsp3) is 1.00. The molecular weight excluding hydrogens is 200 g/mol. The minimum Gasteiger partial charge on any atom is -0.377 e. The molecule has 3 aliphatic rings. The van der Waals surface area contributed by atoms with E-state index >= 15 is 0 Å². The Kier molecular flexibility index (Phi) is 3.46. The Balaban J connectivity index is 1.34. The van der Waals surface area contributed by atoms with Crippen molar-refractivity contribution in [3.63, 3.8) is 0 Å². The molecule has 1 N–H and O–H groups in total. The van der Waals surface area contributed by atoms with E-state index in [1.54, 1.807) is 0 Å². The van der Waals surface area contributed by atoms with E-state index in [0.717, 1.165) is 18.6 Å². The van der Waals surface area contributed by atoms with Crippen LogP contribution in [0.25, 0.3) is 0 Å². The minimum atomic E-state index is 0.537. The lowest BCUT2D eigenvalue weighted by Gasteiger charge is -2.20. The van der Waals surface area contributed by atoms with Crippen LogP contribution in [0.5, 0.6) is 0 Å². The largest absolute Gasteiger partial charge is 0.377 e. The molecule has 3 heteroatoms. The highest BCUT2D eigenvalue weighted by Crippen LogP contribution is 2.22. The van der Waals surface area contributed by atoms with Gasteiger partial charge < -0.3 is 15.0 Å². The zero-order chi connectivity index (χ0) is 10.8. The van der Waals surface area contributed by atoms with Crippen molar-refractivity contribution in [1.29, 1.82) is 0 Å². The van der Waals surface area contributed by atoms with E-state index in [4.69, 9.17) is 4.74 Å². The fourth-order valence-corrected chi connectivity index (χ4v) is 2.94. The van der Waals surface area contributed by atoms with Crippen LogP contribution >= 0.6 is 0 Å². The van der Waals surface area contributed by atoms with Crippen LogP contribution in [0, 0.1) is 5.92 Å². The minimum absolute atomic E-state index is 0.537. The third-order valence-corrected chi connectivity index (χ3v) is 4.13. The van der Waals surface area contributed by atoms with E-state index in [2.05, 4.69) is 10.2 Å². The Hall–Kier alpha value is -0.120. The summed E-state index contributed by atoms with van der Waals surface area (Å²) in [6.45, 7) is 5.99. The van der Waals surface area contributed by atoms with Gasteiger partial charge in [0.25, 0.3) is 0 Å². The van der Waals surface area contributed by atoms with E-state index in [1.165, 1.54) is 58.3 Å². The molecule has 92 valence electrons. The van der Waals surface area contributed by atoms with Crippen molar-refractivity contribution in [2.24, 2.45) is 5.92 Å². The average molecular weight is 224 g/mol. The van der Waals surface area contributed by atoms with Crippen LogP contribution in [0.1, 0.15) is 32.1 Å². The first-order valence-electron chi connectivity index (χ1n) is 6.97. The zero-order valence-electron chi connectivity index (χ0n) is 10.2. The summed E-state index contributed by atoms with van der Waals surface area (Å²) in [4.78, 5) is 2.61. The maximum absolute atomic E-state index is 5.70. The van der Waals surface area contributed by atoms with Gasteiger partial charge in [-0.3, -0.25) is 0 Å². The molecule has 0 aromatic heterocycles. The lowest BCUT2D eigenvalue weighted by molar-refractivity contribution is 0.0796. The van der Waals surface area contributed by atoms with Gasteiger partial charge in [0.1, 0.15) is 0 Å². The van der Waals surface area contributed by atoms with E-state index in [1.807, 2.05) is 0 Å². The van der Waals surface area contributed by atoms with Crippen LogP contribution in [0.4, 0.5) is 0 Å². The third-order valence-electron chi connectivity index (χ3n) is 4.13. The molecule has 3 nitrogen and oxygen atoms in total. The highest BCUT2D eigenvalue weighted by molar-refractivity contribution is 4.85. The van der Waals surface area contributed by atoms with E-state index < -0.39 is 0 Å². The summed E-state index contributed by atoms with van der Waals surface area (Å²) in [7, 11) is 0.